The lowest BCUT2D eigenvalue weighted by Crippen LogP contribution is -2.53. The second-order valence-electron chi connectivity index (χ2n) is 10.0. The van der Waals surface area contributed by atoms with Crippen molar-refractivity contribution in [2.24, 2.45) is 5.41 Å². The minimum atomic E-state index is -4.44. The maximum atomic E-state index is 13.1. The minimum Gasteiger partial charge on any atom is -0.371 e. The van der Waals surface area contributed by atoms with E-state index in [2.05, 4.69) is 29.4 Å². The fourth-order valence-electron chi connectivity index (χ4n) is 4.55. The van der Waals surface area contributed by atoms with Crippen LogP contribution >= 0.6 is 0 Å². The molecule has 0 aromatic heterocycles. The SMILES string of the molecule is CC1(C)CCN(c2ccc(N3CCC[C@@H](NC(=O)Nc4ccc(C(F)(F)F)cc4)C3=O)cc2)CC1. The Kier molecular flexibility index (Phi) is 6.96. The molecule has 188 valence electrons. The van der Waals surface area contributed by atoms with Gasteiger partial charge in [-0.2, -0.15) is 13.2 Å². The van der Waals surface area contributed by atoms with Crippen molar-refractivity contribution in [3.05, 3.63) is 54.1 Å². The highest BCUT2D eigenvalue weighted by atomic mass is 19.4. The van der Waals surface area contributed by atoms with Gasteiger partial charge in [0.1, 0.15) is 6.04 Å². The van der Waals surface area contributed by atoms with Crippen LogP contribution in [-0.2, 0) is 11.0 Å². The molecule has 4 rings (SSSR count). The van der Waals surface area contributed by atoms with Gasteiger partial charge in [0.25, 0.3) is 0 Å². The van der Waals surface area contributed by atoms with Gasteiger partial charge in [0, 0.05) is 36.7 Å². The Morgan fingerprint density at radius 1 is 0.943 bits per heavy atom. The van der Waals surface area contributed by atoms with Crippen LogP contribution in [0.5, 0.6) is 0 Å². The first-order chi connectivity index (χ1) is 16.5. The summed E-state index contributed by atoms with van der Waals surface area (Å²) in [4.78, 5) is 29.5. The number of carbonyl (C=O) groups is 2. The van der Waals surface area contributed by atoms with Crippen molar-refractivity contribution in [3.8, 4) is 0 Å². The quantitative estimate of drug-likeness (QED) is 0.585. The van der Waals surface area contributed by atoms with Crippen LogP contribution < -0.4 is 20.4 Å². The molecule has 2 heterocycles. The molecule has 6 nitrogen and oxygen atoms in total. The van der Waals surface area contributed by atoms with Crippen LogP contribution in [0.3, 0.4) is 0 Å². The molecule has 0 bridgehead atoms. The predicted molar refractivity (Wildman–Crippen MR) is 131 cm³/mol. The van der Waals surface area contributed by atoms with Gasteiger partial charge in [0.05, 0.1) is 5.56 Å². The number of nitrogens with one attached hydrogen (secondary N) is 2. The smallest absolute Gasteiger partial charge is 0.371 e. The molecule has 2 N–H and O–H groups in total. The number of hydrogen-bond donors (Lipinski definition) is 2. The van der Waals surface area contributed by atoms with Crippen molar-refractivity contribution in [2.45, 2.75) is 51.7 Å². The first kappa shape index (κ1) is 24.9. The first-order valence-corrected chi connectivity index (χ1v) is 11.9. The maximum Gasteiger partial charge on any atom is 0.416 e. The number of piperidine rings is 2. The van der Waals surface area contributed by atoms with Gasteiger partial charge < -0.3 is 20.4 Å². The molecule has 2 saturated heterocycles. The number of amides is 3. The van der Waals surface area contributed by atoms with Gasteiger partial charge in [-0.15, -0.1) is 0 Å². The number of urea groups is 1. The van der Waals surface area contributed by atoms with E-state index in [1.165, 1.54) is 12.1 Å². The molecule has 2 aromatic carbocycles. The summed E-state index contributed by atoms with van der Waals surface area (Å²) >= 11 is 0. The van der Waals surface area contributed by atoms with Gasteiger partial charge in [-0.3, -0.25) is 4.79 Å². The zero-order valence-electron chi connectivity index (χ0n) is 20.0. The number of anilines is 3. The van der Waals surface area contributed by atoms with Crippen LogP contribution in [0.1, 0.15) is 45.1 Å². The number of hydrogen-bond acceptors (Lipinski definition) is 3. The summed E-state index contributed by atoms with van der Waals surface area (Å²) in [6.07, 6.45) is -0.943. The van der Waals surface area contributed by atoms with Crippen LogP contribution in [0.15, 0.2) is 48.5 Å². The molecule has 1 atom stereocenters. The van der Waals surface area contributed by atoms with E-state index in [1.54, 1.807) is 4.90 Å². The number of alkyl halides is 3. The Balaban J connectivity index is 1.34. The van der Waals surface area contributed by atoms with Gasteiger partial charge in [-0.05, 0) is 79.6 Å². The van der Waals surface area contributed by atoms with E-state index in [4.69, 9.17) is 0 Å². The molecule has 2 aromatic rings. The van der Waals surface area contributed by atoms with Crippen molar-refractivity contribution >= 4 is 29.0 Å². The highest BCUT2D eigenvalue weighted by Gasteiger charge is 2.32. The normalized spacial score (nSPS) is 20.5. The highest BCUT2D eigenvalue weighted by Crippen LogP contribution is 2.33. The number of benzene rings is 2. The van der Waals surface area contributed by atoms with E-state index in [0.29, 0.717) is 18.4 Å². The third-order valence-corrected chi connectivity index (χ3v) is 6.86. The summed E-state index contributed by atoms with van der Waals surface area (Å²) in [5.74, 6) is -0.203. The van der Waals surface area contributed by atoms with E-state index < -0.39 is 23.8 Å². The standard InChI is InChI=1S/C26H31F3N4O2/c1-25(2)13-16-32(17-14-25)20-9-11-21(12-10-20)33-15-3-4-22(23(33)34)31-24(35)30-19-7-5-18(6-8-19)26(27,28)29/h5-12,22H,3-4,13-17H2,1-2H3,(H2,30,31,35)/t22-/m1/s1. The second kappa shape index (κ2) is 9.79. The predicted octanol–water partition coefficient (Wildman–Crippen LogP) is 5.65. The number of rotatable bonds is 4. The molecule has 3 amide bonds. The Morgan fingerprint density at radius 3 is 2.14 bits per heavy atom. The highest BCUT2D eigenvalue weighted by molar-refractivity contribution is 6.01. The largest absolute Gasteiger partial charge is 0.416 e. The Morgan fingerprint density at radius 2 is 1.54 bits per heavy atom. The van der Waals surface area contributed by atoms with E-state index in [-0.39, 0.29) is 11.6 Å². The van der Waals surface area contributed by atoms with Gasteiger partial charge in [-0.1, -0.05) is 13.8 Å². The maximum absolute atomic E-state index is 13.1. The first-order valence-electron chi connectivity index (χ1n) is 11.9. The summed E-state index contributed by atoms with van der Waals surface area (Å²) in [5.41, 5.74) is 1.71. The van der Waals surface area contributed by atoms with Crippen LogP contribution in [-0.4, -0.2) is 37.6 Å². The van der Waals surface area contributed by atoms with E-state index in [9.17, 15) is 22.8 Å². The average molecular weight is 489 g/mol. The van der Waals surface area contributed by atoms with Gasteiger partial charge in [0.15, 0.2) is 0 Å². The molecule has 2 aliphatic heterocycles. The number of nitrogens with zero attached hydrogens (tertiary/aromatic N) is 2. The van der Waals surface area contributed by atoms with E-state index >= 15 is 0 Å². The molecule has 35 heavy (non-hydrogen) atoms. The molecule has 2 fully saturated rings. The topological polar surface area (TPSA) is 64.7 Å². The van der Waals surface area contributed by atoms with E-state index in [0.717, 1.165) is 55.9 Å². The Hall–Kier alpha value is -3.23. The molecule has 0 saturated carbocycles. The van der Waals surface area contributed by atoms with Crippen LogP contribution in [0.4, 0.5) is 35.0 Å². The zero-order valence-corrected chi connectivity index (χ0v) is 20.0. The lowest BCUT2D eigenvalue weighted by Gasteiger charge is -2.38. The molecular weight excluding hydrogens is 457 g/mol. The molecule has 0 aliphatic carbocycles. The Bertz CT molecular complexity index is 1040. The lowest BCUT2D eigenvalue weighted by molar-refractivity contribution is -0.137. The third-order valence-electron chi connectivity index (χ3n) is 6.86. The number of carbonyl (C=O) groups excluding carboxylic acids is 2. The van der Waals surface area contributed by atoms with Crippen molar-refractivity contribution < 1.29 is 22.8 Å². The minimum absolute atomic E-state index is 0.203. The summed E-state index contributed by atoms with van der Waals surface area (Å²) in [7, 11) is 0. The van der Waals surface area contributed by atoms with Crippen LogP contribution in [0.25, 0.3) is 0 Å². The molecule has 0 spiro atoms. The van der Waals surface area contributed by atoms with Crippen LogP contribution in [0.2, 0.25) is 0 Å². The molecule has 0 radical (unpaired) electrons. The summed E-state index contributed by atoms with van der Waals surface area (Å²) in [5, 5.41) is 5.16. The number of halogens is 3. The average Bonchev–Trinajstić information content (AvgIpc) is 2.80. The van der Waals surface area contributed by atoms with Crippen molar-refractivity contribution in [3.63, 3.8) is 0 Å². The molecule has 9 heteroatoms. The zero-order chi connectivity index (χ0) is 25.2. The summed E-state index contributed by atoms with van der Waals surface area (Å²) < 4.78 is 38.1. The van der Waals surface area contributed by atoms with E-state index in [1.807, 2.05) is 24.3 Å². The van der Waals surface area contributed by atoms with Gasteiger partial charge >= 0.3 is 12.2 Å². The summed E-state index contributed by atoms with van der Waals surface area (Å²) in [6, 6.07) is 10.8. The Labute approximate surface area is 203 Å². The monoisotopic (exact) mass is 488 g/mol. The van der Waals surface area contributed by atoms with Gasteiger partial charge in [-0.25, -0.2) is 4.79 Å². The molecular formula is C26H31F3N4O2. The van der Waals surface area contributed by atoms with Crippen molar-refractivity contribution in [1.82, 2.24) is 5.32 Å². The third kappa shape index (κ3) is 6.07. The van der Waals surface area contributed by atoms with Crippen molar-refractivity contribution in [1.29, 1.82) is 0 Å². The fraction of sp³-hybridized carbons (Fsp3) is 0.462. The molecule has 0 unspecified atom stereocenters. The van der Waals surface area contributed by atoms with Crippen LogP contribution in [0, 0.1) is 5.41 Å². The fourth-order valence-corrected chi connectivity index (χ4v) is 4.55. The van der Waals surface area contributed by atoms with Crippen molar-refractivity contribution in [2.75, 3.05) is 34.8 Å². The second-order valence-corrected chi connectivity index (χ2v) is 10.0. The lowest BCUT2D eigenvalue weighted by atomic mass is 9.82. The van der Waals surface area contributed by atoms with Gasteiger partial charge in [0.2, 0.25) is 5.91 Å². The summed E-state index contributed by atoms with van der Waals surface area (Å²) in [6.45, 7) is 7.17. The molecule has 2 aliphatic rings.